The van der Waals surface area contributed by atoms with Crippen LogP contribution in [0.5, 0.6) is 0 Å². The topological polar surface area (TPSA) is 50.2 Å². The number of rotatable bonds is 3. The summed E-state index contributed by atoms with van der Waals surface area (Å²) in [5.41, 5.74) is 1.09. The Hall–Kier alpha value is -1.33. The smallest absolute Gasteiger partial charge is 0.345 e. The quantitative estimate of drug-likeness (QED) is 0.909. The van der Waals surface area contributed by atoms with E-state index in [4.69, 9.17) is 5.11 Å². The van der Waals surface area contributed by atoms with E-state index in [-0.39, 0.29) is 0 Å². The maximum absolute atomic E-state index is 10.7. The van der Waals surface area contributed by atoms with Crippen molar-refractivity contribution in [3.8, 4) is 0 Å². The number of aromatic carboxylic acids is 1. The number of pyridine rings is 1. The molecular weight excluding hydrogens is 242 g/mol. The number of aromatic nitrogens is 1. The van der Waals surface area contributed by atoms with Gasteiger partial charge in [0.2, 0.25) is 0 Å². The molecule has 0 aliphatic rings. The van der Waals surface area contributed by atoms with Gasteiger partial charge < -0.3 is 5.11 Å². The van der Waals surface area contributed by atoms with Crippen molar-refractivity contribution in [1.29, 1.82) is 0 Å². The number of hydrogen-bond acceptors (Lipinski definition) is 4. The van der Waals surface area contributed by atoms with Gasteiger partial charge in [-0.2, -0.15) is 0 Å². The third kappa shape index (κ3) is 2.43. The lowest BCUT2D eigenvalue weighted by Gasteiger charge is -2.00. The largest absolute Gasteiger partial charge is 0.477 e. The summed E-state index contributed by atoms with van der Waals surface area (Å²) >= 11 is 2.72. The van der Waals surface area contributed by atoms with E-state index in [0.29, 0.717) is 4.88 Å². The first-order valence-electron chi connectivity index (χ1n) is 4.58. The average Bonchev–Trinajstić information content (AvgIpc) is 2.70. The van der Waals surface area contributed by atoms with E-state index >= 15 is 0 Å². The molecule has 2 aromatic heterocycles. The molecule has 0 unspecified atom stereocenters. The van der Waals surface area contributed by atoms with E-state index in [0.717, 1.165) is 15.5 Å². The van der Waals surface area contributed by atoms with Crippen molar-refractivity contribution in [2.75, 3.05) is 0 Å². The molecule has 0 radical (unpaired) electrons. The minimum atomic E-state index is -0.880. The Morgan fingerprint density at radius 3 is 3.00 bits per heavy atom. The predicted molar refractivity (Wildman–Crippen MR) is 64.4 cm³/mol. The number of hydrogen-bond donors (Lipinski definition) is 1. The molecule has 2 heterocycles. The van der Waals surface area contributed by atoms with Gasteiger partial charge in [0, 0.05) is 16.5 Å². The molecule has 0 saturated heterocycles. The van der Waals surface area contributed by atoms with Crippen molar-refractivity contribution < 1.29 is 9.90 Å². The van der Waals surface area contributed by atoms with Gasteiger partial charge in [0.1, 0.15) is 9.90 Å². The fourth-order valence-corrected chi connectivity index (χ4v) is 2.94. The molecule has 0 atom stereocenters. The van der Waals surface area contributed by atoms with Gasteiger partial charge in [0.15, 0.2) is 0 Å². The summed E-state index contributed by atoms with van der Waals surface area (Å²) in [6, 6.07) is 5.54. The molecule has 0 aliphatic heterocycles. The molecule has 3 nitrogen and oxygen atoms in total. The van der Waals surface area contributed by atoms with Crippen molar-refractivity contribution >= 4 is 29.1 Å². The third-order valence-electron chi connectivity index (χ3n) is 1.96. The second-order valence-corrected chi connectivity index (χ2v) is 5.15. The van der Waals surface area contributed by atoms with E-state index in [1.165, 1.54) is 23.1 Å². The first-order chi connectivity index (χ1) is 7.66. The summed E-state index contributed by atoms with van der Waals surface area (Å²) in [5, 5.41) is 11.6. The summed E-state index contributed by atoms with van der Waals surface area (Å²) in [4.78, 5) is 16.2. The van der Waals surface area contributed by atoms with Crippen molar-refractivity contribution in [2.24, 2.45) is 0 Å². The monoisotopic (exact) mass is 251 g/mol. The van der Waals surface area contributed by atoms with Crippen LogP contribution in [-0.4, -0.2) is 16.1 Å². The van der Waals surface area contributed by atoms with E-state index in [9.17, 15) is 4.79 Å². The lowest BCUT2D eigenvalue weighted by Crippen LogP contribution is -1.89. The lowest BCUT2D eigenvalue weighted by molar-refractivity contribution is 0.0702. The van der Waals surface area contributed by atoms with Gasteiger partial charge in [-0.1, -0.05) is 17.8 Å². The lowest BCUT2D eigenvalue weighted by atomic mass is 10.3. The zero-order valence-electron chi connectivity index (χ0n) is 8.51. The summed E-state index contributed by atoms with van der Waals surface area (Å²) in [6.07, 6.45) is 1.74. The Morgan fingerprint density at radius 2 is 2.38 bits per heavy atom. The van der Waals surface area contributed by atoms with Crippen LogP contribution in [-0.2, 0) is 0 Å². The highest BCUT2D eigenvalue weighted by atomic mass is 32.2. The highest BCUT2D eigenvalue weighted by Gasteiger charge is 2.09. The van der Waals surface area contributed by atoms with E-state index in [2.05, 4.69) is 4.98 Å². The molecule has 1 N–H and O–H groups in total. The first-order valence-corrected chi connectivity index (χ1v) is 6.28. The highest BCUT2D eigenvalue weighted by Crippen LogP contribution is 2.31. The molecule has 0 bridgehead atoms. The Bertz CT molecular complexity index is 522. The summed E-state index contributed by atoms with van der Waals surface area (Å²) < 4.78 is 0. The molecule has 82 valence electrons. The summed E-state index contributed by atoms with van der Waals surface area (Å²) in [7, 11) is 0. The maximum atomic E-state index is 10.7. The molecule has 0 saturated carbocycles. The molecule has 0 aromatic carbocycles. The van der Waals surface area contributed by atoms with Crippen LogP contribution in [0.4, 0.5) is 0 Å². The van der Waals surface area contributed by atoms with Gasteiger partial charge in [0.25, 0.3) is 0 Å². The van der Waals surface area contributed by atoms with Gasteiger partial charge in [-0.25, -0.2) is 9.78 Å². The van der Waals surface area contributed by atoms with Crippen LogP contribution in [0.1, 0.15) is 15.2 Å². The SMILES string of the molecule is Cc1cccnc1Sc1csc(C(=O)O)c1. The fourth-order valence-electron chi connectivity index (χ4n) is 1.17. The zero-order chi connectivity index (χ0) is 11.5. The number of carboxylic acids is 1. The average molecular weight is 251 g/mol. The molecule has 5 heteroatoms. The van der Waals surface area contributed by atoms with Crippen LogP contribution in [0.3, 0.4) is 0 Å². The number of aryl methyl sites for hydroxylation is 1. The predicted octanol–water partition coefficient (Wildman–Crippen LogP) is 3.30. The Balaban J connectivity index is 2.21. The van der Waals surface area contributed by atoms with Crippen LogP contribution in [0.2, 0.25) is 0 Å². The van der Waals surface area contributed by atoms with Crippen molar-refractivity contribution in [1.82, 2.24) is 4.98 Å². The Morgan fingerprint density at radius 1 is 1.56 bits per heavy atom. The van der Waals surface area contributed by atoms with Gasteiger partial charge in [-0.05, 0) is 24.6 Å². The molecule has 2 rings (SSSR count). The zero-order valence-corrected chi connectivity index (χ0v) is 10.1. The van der Waals surface area contributed by atoms with Gasteiger partial charge in [-0.15, -0.1) is 11.3 Å². The molecule has 0 amide bonds. The third-order valence-corrected chi connectivity index (χ3v) is 4.12. The Kier molecular flexibility index (Phi) is 3.26. The molecule has 0 aliphatic carbocycles. The number of nitrogens with zero attached hydrogens (tertiary/aromatic N) is 1. The number of carbonyl (C=O) groups is 1. The van der Waals surface area contributed by atoms with Crippen LogP contribution in [0, 0.1) is 6.92 Å². The molecule has 2 aromatic rings. The van der Waals surface area contributed by atoms with Crippen molar-refractivity contribution in [3.63, 3.8) is 0 Å². The summed E-state index contributed by atoms with van der Waals surface area (Å²) in [6.45, 7) is 1.99. The second kappa shape index (κ2) is 4.67. The number of carboxylic acid groups (broad SMARTS) is 1. The minimum Gasteiger partial charge on any atom is -0.477 e. The molecule has 0 spiro atoms. The Labute approximate surface area is 101 Å². The maximum Gasteiger partial charge on any atom is 0.345 e. The summed E-state index contributed by atoms with van der Waals surface area (Å²) in [5.74, 6) is -0.880. The second-order valence-electron chi connectivity index (χ2n) is 3.18. The van der Waals surface area contributed by atoms with Crippen LogP contribution < -0.4 is 0 Å². The van der Waals surface area contributed by atoms with Gasteiger partial charge >= 0.3 is 5.97 Å². The van der Waals surface area contributed by atoms with E-state index in [1.807, 2.05) is 24.4 Å². The highest BCUT2D eigenvalue weighted by molar-refractivity contribution is 7.99. The fraction of sp³-hybridized carbons (Fsp3) is 0.0909. The van der Waals surface area contributed by atoms with Crippen molar-refractivity contribution in [3.05, 3.63) is 40.2 Å². The minimum absolute atomic E-state index is 0.357. The normalized spacial score (nSPS) is 10.3. The molecule has 0 fully saturated rings. The van der Waals surface area contributed by atoms with Crippen LogP contribution in [0.25, 0.3) is 0 Å². The van der Waals surface area contributed by atoms with Crippen LogP contribution in [0.15, 0.2) is 39.7 Å². The first kappa shape index (κ1) is 11.2. The number of thiophene rings is 1. The van der Waals surface area contributed by atoms with Gasteiger partial charge in [-0.3, -0.25) is 0 Å². The van der Waals surface area contributed by atoms with Crippen molar-refractivity contribution in [2.45, 2.75) is 16.8 Å². The van der Waals surface area contributed by atoms with E-state index < -0.39 is 5.97 Å². The molecular formula is C11H9NO2S2. The van der Waals surface area contributed by atoms with E-state index in [1.54, 1.807) is 12.3 Å². The molecule has 16 heavy (non-hydrogen) atoms. The standard InChI is InChI=1S/C11H9NO2S2/c1-7-3-2-4-12-10(7)16-8-5-9(11(13)14)15-6-8/h2-6H,1H3,(H,13,14). The van der Waals surface area contributed by atoms with Crippen LogP contribution >= 0.6 is 23.1 Å². The van der Waals surface area contributed by atoms with Gasteiger partial charge in [0.05, 0.1) is 0 Å².